The van der Waals surface area contributed by atoms with Gasteiger partial charge in [-0.05, 0) is 40.9 Å². The van der Waals surface area contributed by atoms with Crippen molar-refractivity contribution in [2.75, 3.05) is 0 Å². The molecule has 5 rings (SSSR count). The highest BCUT2D eigenvalue weighted by Gasteiger charge is 2.69. The number of rotatable bonds is 8. The molecule has 2 bridgehead atoms. The highest BCUT2D eigenvalue weighted by molar-refractivity contribution is 6.81. The molecule has 5 unspecified atom stereocenters. The molecule has 40 heavy (non-hydrogen) atoms. The van der Waals surface area contributed by atoms with E-state index in [1.165, 1.54) is 11.1 Å². The van der Waals surface area contributed by atoms with Crippen LogP contribution in [0.25, 0.3) is 0 Å². The molecule has 2 aliphatic rings. The number of carbonyl (C=O) groups is 1. The lowest BCUT2D eigenvalue weighted by Crippen LogP contribution is -2.43. The maximum absolute atomic E-state index is 14.2. The van der Waals surface area contributed by atoms with E-state index in [1.54, 1.807) is 0 Å². The summed E-state index contributed by atoms with van der Waals surface area (Å²) in [5.41, 5.74) is 5.47. The van der Waals surface area contributed by atoms with Gasteiger partial charge in [-0.15, -0.1) is 0 Å². The van der Waals surface area contributed by atoms with E-state index in [9.17, 15) is 9.90 Å². The number of hydrogen-bond acceptors (Lipinski definition) is 3. The Hall–Kier alpha value is -2.95. The summed E-state index contributed by atoms with van der Waals surface area (Å²) < 4.78 is 6.73. The number of fused-ring (bicyclic) bond motifs is 2. The number of aliphatic hydroxyl groups excluding tert-OH is 1. The SMILES string of the molecule is CC1(C)C2CCC1(C)C(OC(=O)/C(=C\[Si](C)(C)C)C(O)c1ccccc1)C2C(c1ccccc1)c1ccccc1. The first-order valence-corrected chi connectivity index (χ1v) is 18.3. The van der Waals surface area contributed by atoms with Crippen LogP contribution in [0.2, 0.25) is 19.6 Å². The average molecular weight is 553 g/mol. The monoisotopic (exact) mass is 552 g/mol. The summed E-state index contributed by atoms with van der Waals surface area (Å²) in [6.07, 6.45) is 0.872. The van der Waals surface area contributed by atoms with Crippen molar-refractivity contribution in [1.29, 1.82) is 0 Å². The van der Waals surface area contributed by atoms with Crippen LogP contribution in [0.15, 0.2) is 102 Å². The Kier molecular flexibility index (Phi) is 7.71. The number of carbonyl (C=O) groups excluding carboxylic acids is 1. The van der Waals surface area contributed by atoms with Crippen LogP contribution in [0.1, 0.15) is 62.3 Å². The van der Waals surface area contributed by atoms with E-state index in [-0.39, 0.29) is 34.7 Å². The second-order valence-electron chi connectivity index (χ2n) is 13.8. The summed E-state index contributed by atoms with van der Waals surface area (Å²) in [6, 6.07) is 30.9. The van der Waals surface area contributed by atoms with Crippen LogP contribution < -0.4 is 0 Å². The van der Waals surface area contributed by atoms with Crippen molar-refractivity contribution >= 4 is 14.0 Å². The minimum atomic E-state index is -1.87. The van der Waals surface area contributed by atoms with Crippen molar-refractivity contribution in [3.8, 4) is 0 Å². The maximum Gasteiger partial charge on any atom is 0.336 e. The summed E-state index contributed by atoms with van der Waals surface area (Å²) in [7, 11) is -1.87. The molecule has 3 nitrogen and oxygen atoms in total. The quantitative estimate of drug-likeness (QED) is 0.174. The molecule has 4 heteroatoms. The third-order valence-electron chi connectivity index (χ3n) is 9.99. The number of ether oxygens (including phenoxy) is 1. The van der Waals surface area contributed by atoms with Crippen LogP contribution in [0, 0.1) is 22.7 Å². The van der Waals surface area contributed by atoms with Gasteiger partial charge in [-0.25, -0.2) is 4.79 Å². The van der Waals surface area contributed by atoms with Gasteiger partial charge in [0.2, 0.25) is 0 Å². The summed E-state index contributed by atoms with van der Waals surface area (Å²) in [5.74, 6) is 0.266. The first-order chi connectivity index (χ1) is 18.9. The topological polar surface area (TPSA) is 46.5 Å². The summed E-state index contributed by atoms with van der Waals surface area (Å²) >= 11 is 0. The Morgan fingerprint density at radius 2 is 1.32 bits per heavy atom. The fourth-order valence-electron chi connectivity index (χ4n) is 7.67. The Balaban J connectivity index is 1.59. The highest BCUT2D eigenvalue weighted by Crippen LogP contribution is 2.71. The molecule has 1 N–H and O–H groups in total. The fourth-order valence-corrected chi connectivity index (χ4v) is 8.88. The fraction of sp³-hybridized carbons (Fsp3) is 0.417. The zero-order valence-corrected chi connectivity index (χ0v) is 25.8. The molecule has 2 aliphatic carbocycles. The molecule has 0 amide bonds. The molecule has 2 fully saturated rings. The molecule has 210 valence electrons. The highest BCUT2D eigenvalue weighted by atomic mass is 28.3. The van der Waals surface area contributed by atoms with E-state index >= 15 is 0 Å². The van der Waals surface area contributed by atoms with E-state index in [0.717, 1.165) is 12.8 Å². The molecule has 2 saturated carbocycles. The predicted molar refractivity (Wildman–Crippen MR) is 166 cm³/mol. The largest absolute Gasteiger partial charge is 0.458 e. The first kappa shape index (κ1) is 28.6. The summed E-state index contributed by atoms with van der Waals surface area (Å²) in [6.45, 7) is 13.6. The van der Waals surface area contributed by atoms with Crippen LogP contribution in [-0.4, -0.2) is 25.3 Å². The second kappa shape index (κ2) is 10.8. The van der Waals surface area contributed by atoms with E-state index in [2.05, 4.69) is 101 Å². The zero-order valence-electron chi connectivity index (χ0n) is 24.8. The van der Waals surface area contributed by atoms with Gasteiger partial charge in [0.15, 0.2) is 0 Å². The molecular formula is C36H44O3Si. The van der Waals surface area contributed by atoms with Crippen LogP contribution in [0.3, 0.4) is 0 Å². The standard InChI is InChI=1S/C36H44O3Si/c1-35(2)29-22-23-36(35,3)33(31(29)30(25-16-10-7-11-17-25)26-18-12-8-13-19-26)39-34(38)28(24-40(4,5)6)32(37)27-20-14-9-15-21-27/h7-21,24,29-33,37H,22-23H2,1-6H3/b28-24-. The van der Waals surface area contributed by atoms with E-state index in [0.29, 0.717) is 17.1 Å². The molecule has 0 radical (unpaired) electrons. The number of aliphatic hydroxyl groups is 1. The molecular weight excluding hydrogens is 508 g/mol. The Bertz CT molecular complexity index is 1300. The number of benzene rings is 3. The predicted octanol–water partition coefficient (Wildman–Crippen LogP) is 8.34. The summed E-state index contributed by atoms with van der Waals surface area (Å²) in [4.78, 5) is 14.2. The van der Waals surface area contributed by atoms with E-state index in [1.807, 2.05) is 36.0 Å². The molecule has 0 saturated heterocycles. The van der Waals surface area contributed by atoms with Gasteiger partial charge in [0, 0.05) is 17.3 Å². The third-order valence-corrected chi connectivity index (χ3v) is 11.2. The number of hydrogen-bond donors (Lipinski definition) is 1. The molecule has 0 spiro atoms. The minimum Gasteiger partial charge on any atom is -0.458 e. The van der Waals surface area contributed by atoms with Crippen molar-refractivity contribution in [2.45, 2.75) is 71.4 Å². The van der Waals surface area contributed by atoms with Gasteiger partial charge in [0.05, 0.1) is 13.6 Å². The molecule has 3 aromatic carbocycles. The third kappa shape index (κ3) is 5.12. The maximum atomic E-state index is 14.2. The Labute approximate surface area is 241 Å². The number of esters is 1. The van der Waals surface area contributed by atoms with Gasteiger partial charge in [0.1, 0.15) is 12.2 Å². The first-order valence-electron chi connectivity index (χ1n) is 14.7. The minimum absolute atomic E-state index is 0.00508. The zero-order chi connectivity index (χ0) is 28.7. The average Bonchev–Trinajstić information content (AvgIpc) is 3.26. The van der Waals surface area contributed by atoms with Crippen LogP contribution in [-0.2, 0) is 9.53 Å². The molecule has 3 aromatic rings. The van der Waals surface area contributed by atoms with Crippen LogP contribution in [0.5, 0.6) is 0 Å². The van der Waals surface area contributed by atoms with Gasteiger partial charge in [-0.1, -0.05) is 137 Å². The molecule has 0 aliphatic heterocycles. The van der Waals surface area contributed by atoms with Crippen molar-refractivity contribution in [3.63, 3.8) is 0 Å². The Morgan fingerprint density at radius 1 is 0.850 bits per heavy atom. The molecule has 0 heterocycles. The van der Waals surface area contributed by atoms with Crippen molar-refractivity contribution in [3.05, 3.63) is 119 Å². The van der Waals surface area contributed by atoms with Crippen molar-refractivity contribution < 1.29 is 14.6 Å². The second-order valence-corrected chi connectivity index (χ2v) is 18.8. The molecule has 0 aromatic heterocycles. The lowest BCUT2D eigenvalue weighted by molar-refractivity contribution is -0.157. The van der Waals surface area contributed by atoms with Gasteiger partial charge in [0.25, 0.3) is 0 Å². The van der Waals surface area contributed by atoms with Gasteiger partial charge < -0.3 is 9.84 Å². The van der Waals surface area contributed by atoms with Gasteiger partial charge >= 0.3 is 5.97 Å². The van der Waals surface area contributed by atoms with Gasteiger partial charge in [-0.3, -0.25) is 0 Å². The van der Waals surface area contributed by atoms with Gasteiger partial charge in [-0.2, -0.15) is 0 Å². The van der Waals surface area contributed by atoms with Crippen molar-refractivity contribution in [1.82, 2.24) is 0 Å². The lowest BCUT2D eigenvalue weighted by Gasteiger charge is -2.42. The van der Waals surface area contributed by atoms with E-state index < -0.39 is 14.2 Å². The lowest BCUT2D eigenvalue weighted by atomic mass is 9.68. The smallest absolute Gasteiger partial charge is 0.336 e. The molecule has 5 atom stereocenters. The van der Waals surface area contributed by atoms with Crippen molar-refractivity contribution in [2.24, 2.45) is 22.7 Å². The summed E-state index contributed by atoms with van der Waals surface area (Å²) in [5, 5.41) is 11.5. The normalized spacial score (nSPS) is 26.6. The van der Waals surface area contributed by atoms with E-state index in [4.69, 9.17) is 4.74 Å². The van der Waals surface area contributed by atoms with Crippen LogP contribution >= 0.6 is 0 Å². The van der Waals surface area contributed by atoms with Crippen LogP contribution in [0.4, 0.5) is 0 Å². The Morgan fingerprint density at radius 3 is 1.80 bits per heavy atom.